The Kier molecular flexibility index (Phi) is 8.63. The van der Waals surface area contributed by atoms with Gasteiger partial charge in [0.2, 0.25) is 5.91 Å². The van der Waals surface area contributed by atoms with Gasteiger partial charge in [-0.15, -0.1) is 11.3 Å². The van der Waals surface area contributed by atoms with Crippen molar-refractivity contribution < 1.29 is 28.7 Å². The number of alkyl halides is 1. The van der Waals surface area contributed by atoms with Crippen LogP contribution in [0.25, 0.3) is 0 Å². The van der Waals surface area contributed by atoms with E-state index in [9.17, 15) is 28.4 Å². The van der Waals surface area contributed by atoms with Gasteiger partial charge in [0.15, 0.2) is 5.78 Å². The molecule has 0 aliphatic rings. The maximum atomic E-state index is 13.2. The van der Waals surface area contributed by atoms with Crippen molar-refractivity contribution in [1.29, 1.82) is 0 Å². The second kappa shape index (κ2) is 11.8. The molecule has 1 aromatic carbocycles. The van der Waals surface area contributed by atoms with Crippen molar-refractivity contribution in [3.63, 3.8) is 0 Å². The zero-order valence-electron chi connectivity index (χ0n) is 18.3. The average molecular weight is 500 g/mol. The second-order valence-corrected chi connectivity index (χ2v) is 8.54. The summed E-state index contributed by atoms with van der Waals surface area (Å²) < 4.78 is 14.0. The number of carbonyl (C=O) groups is 4. The first-order valence-corrected chi connectivity index (χ1v) is 11.4. The molecule has 0 aliphatic heterocycles. The molecule has 0 unspecified atom stereocenters. The third kappa shape index (κ3) is 6.70. The van der Waals surface area contributed by atoms with Crippen molar-refractivity contribution in [3.8, 4) is 0 Å². The summed E-state index contributed by atoms with van der Waals surface area (Å²) in [6.07, 6.45) is 0.590. The monoisotopic (exact) mass is 499 g/mol. The van der Waals surface area contributed by atoms with Crippen molar-refractivity contribution in [1.82, 2.24) is 9.88 Å². The molecule has 3 rings (SSSR count). The van der Waals surface area contributed by atoms with E-state index in [1.54, 1.807) is 47.8 Å². The molecule has 2 amide bonds. The number of aliphatic carboxylic acids is 1. The van der Waals surface area contributed by atoms with Crippen LogP contribution in [0, 0.1) is 0 Å². The van der Waals surface area contributed by atoms with Crippen LogP contribution in [0.2, 0.25) is 0 Å². The molecule has 3 aromatic rings. The molecule has 0 saturated heterocycles. The zero-order chi connectivity index (χ0) is 25.4. The van der Waals surface area contributed by atoms with Crippen molar-refractivity contribution in [2.45, 2.75) is 24.9 Å². The molecular formula is C24H22FN3O6S. The molecule has 35 heavy (non-hydrogen) atoms. The number of rotatable bonds is 11. The minimum absolute atomic E-state index is 0.0447. The van der Waals surface area contributed by atoms with E-state index in [4.69, 9.17) is 5.11 Å². The lowest BCUT2D eigenvalue weighted by Gasteiger charge is -2.22. The first-order valence-electron chi connectivity index (χ1n) is 10.5. The fourth-order valence-corrected chi connectivity index (χ4v) is 4.10. The average Bonchev–Trinajstić information content (AvgIpc) is 3.36. The summed E-state index contributed by atoms with van der Waals surface area (Å²) in [6, 6.07) is 11.8. The molecule has 11 heteroatoms. The molecule has 2 heterocycles. The number of thiophene rings is 1. The van der Waals surface area contributed by atoms with Crippen LogP contribution in [0.1, 0.15) is 27.7 Å². The summed E-state index contributed by atoms with van der Waals surface area (Å²) in [4.78, 5) is 62.6. The number of amides is 2. The topological polar surface area (TPSA) is 135 Å². The zero-order valence-corrected chi connectivity index (χ0v) is 19.2. The van der Waals surface area contributed by atoms with E-state index in [1.165, 1.54) is 29.7 Å². The van der Waals surface area contributed by atoms with E-state index in [2.05, 4.69) is 10.6 Å². The van der Waals surface area contributed by atoms with Gasteiger partial charge in [-0.25, -0.2) is 4.39 Å². The lowest BCUT2D eigenvalue weighted by molar-refractivity contribution is -0.140. The number of halogens is 1. The molecule has 182 valence electrons. The molecule has 2 atom stereocenters. The number of benzene rings is 1. The molecule has 2 aromatic heterocycles. The quantitative estimate of drug-likeness (QED) is 0.371. The van der Waals surface area contributed by atoms with Gasteiger partial charge in [-0.1, -0.05) is 24.3 Å². The highest BCUT2D eigenvalue weighted by atomic mass is 32.1. The fourth-order valence-electron chi connectivity index (χ4n) is 3.35. The number of carboxylic acid groups (broad SMARTS) is 1. The fraction of sp³-hybridized carbons (Fsp3) is 0.208. The summed E-state index contributed by atoms with van der Waals surface area (Å²) in [5, 5.41) is 15.6. The molecule has 0 radical (unpaired) electrons. The Bertz CT molecular complexity index is 1260. The maximum Gasteiger partial charge on any atom is 0.305 e. The van der Waals surface area contributed by atoms with Gasteiger partial charge in [-0.3, -0.25) is 24.0 Å². The van der Waals surface area contributed by atoms with Crippen LogP contribution in [-0.2, 0) is 20.8 Å². The summed E-state index contributed by atoms with van der Waals surface area (Å²) in [5.74, 6) is -3.84. The molecular weight excluding hydrogens is 477 g/mol. The number of ketones is 1. The first kappa shape index (κ1) is 25.5. The highest BCUT2D eigenvalue weighted by Gasteiger charge is 2.29. The van der Waals surface area contributed by atoms with E-state index in [-0.39, 0.29) is 12.1 Å². The van der Waals surface area contributed by atoms with E-state index in [0.717, 1.165) is 9.44 Å². The predicted molar refractivity (Wildman–Crippen MR) is 127 cm³/mol. The van der Waals surface area contributed by atoms with Crippen LogP contribution in [-0.4, -0.2) is 46.0 Å². The number of anilines is 1. The third-order valence-electron chi connectivity index (χ3n) is 5.09. The van der Waals surface area contributed by atoms with Crippen LogP contribution < -0.4 is 16.2 Å². The number of Topliss-reactive ketones (excluding diaryl/α,β-unsaturated/α-hetero) is 1. The highest BCUT2D eigenvalue weighted by Crippen LogP contribution is 2.19. The van der Waals surface area contributed by atoms with Gasteiger partial charge in [-0.05, 0) is 35.7 Å². The van der Waals surface area contributed by atoms with Gasteiger partial charge < -0.3 is 20.3 Å². The van der Waals surface area contributed by atoms with Gasteiger partial charge in [0.1, 0.15) is 24.4 Å². The van der Waals surface area contributed by atoms with Crippen molar-refractivity contribution in [3.05, 3.63) is 87.0 Å². The van der Waals surface area contributed by atoms with Crippen LogP contribution in [0.3, 0.4) is 0 Å². The van der Waals surface area contributed by atoms with Gasteiger partial charge in [-0.2, -0.15) is 0 Å². The van der Waals surface area contributed by atoms with Crippen molar-refractivity contribution >= 4 is 40.6 Å². The Morgan fingerprint density at radius 3 is 2.40 bits per heavy atom. The smallest absolute Gasteiger partial charge is 0.305 e. The van der Waals surface area contributed by atoms with E-state index >= 15 is 0 Å². The van der Waals surface area contributed by atoms with E-state index < -0.39 is 54.3 Å². The highest BCUT2D eigenvalue weighted by molar-refractivity contribution is 7.09. The first-order chi connectivity index (χ1) is 16.8. The second-order valence-electron chi connectivity index (χ2n) is 7.51. The van der Waals surface area contributed by atoms with Crippen molar-refractivity contribution in [2.75, 3.05) is 12.0 Å². The van der Waals surface area contributed by atoms with Gasteiger partial charge >= 0.3 is 5.97 Å². The van der Waals surface area contributed by atoms with Crippen molar-refractivity contribution in [2.24, 2.45) is 0 Å². The predicted octanol–water partition coefficient (Wildman–Crippen LogP) is 2.44. The lowest BCUT2D eigenvalue weighted by Crippen LogP contribution is -2.47. The van der Waals surface area contributed by atoms with Crippen LogP contribution in [0.15, 0.2) is 71.0 Å². The number of nitrogens with zero attached hydrogens (tertiary/aromatic N) is 1. The Balaban J connectivity index is 1.93. The maximum absolute atomic E-state index is 13.2. The number of aromatic nitrogens is 1. The van der Waals surface area contributed by atoms with Gasteiger partial charge in [0.25, 0.3) is 11.5 Å². The number of carbonyl (C=O) groups excluding carboxylic acids is 3. The standard InChI is InChI=1S/C24H22FN3O6S/c25-14-20(29)18(13-21(30)31)27-23(33)19(12-16-8-5-11-35-16)28-10-4-9-17(24(28)34)26-22(32)15-6-2-1-3-7-15/h1-11,18-19H,12-14H2,(H,26,32)(H,27,33)(H,30,31)/t18-,19-/m0/s1. The van der Waals surface area contributed by atoms with E-state index in [0.29, 0.717) is 5.56 Å². The van der Waals surface area contributed by atoms with Gasteiger partial charge in [0, 0.05) is 23.1 Å². The molecule has 0 saturated carbocycles. The Hall–Kier alpha value is -4.12. The van der Waals surface area contributed by atoms with Crippen LogP contribution in [0.5, 0.6) is 0 Å². The summed E-state index contributed by atoms with van der Waals surface area (Å²) >= 11 is 1.34. The molecule has 9 nitrogen and oxygen atoms in total. The summed E-state index contributed by atoms with van der Waals surface area (Å²) in [5.41, 5.74) is -0.427. The number of hydrogen-bond acceptors (Lipinski definition) is 6. The Morgan fingerprint density at radius 2 is 1.77 bits per heavy atom. The van der Waals surface area contributed by atoms with E-state index in [1.807, 2.05) is 0 Å². The number of nitrogens with one attached hydrogen (secondary N) is 2. The minimum Gasteiger partial charge on any atom is -0.481 e. The van der Waals surface area contributed by atoms with Crippen LogP contribution >= 0.6 is 11.3 Å². The molecule has 0 fully saturated rings. The number of pyridine rings is 1. The van der Waals surface area contributed by atoms with Crippen LogP contribution in [0.4, 0.5) is 10.1 Å². The Labute approximate surface area is 203 Å². The molecule has 0 bridgehead atoms. The third-order valence-corrected chi connectivity index (χ3v) is 5.99. The number of carboxylic acids is 1. The normalized spacial score (nSPS) is 12.4. The molecule has 3 N–H and O–H groups in total. The minimum atomic E-state index is -1.59. The SMILES string of the molecule is O=C(O)C[C@H](NC(=O)[C@H](Cc1cccs1)n1cccc(NC(=O)c2ccccc2)c1=O)C(=O)CF. The molecule has 0 spiro atoms. The largest absolute Gasteiger partial charge is 0.481 e. The Morgan fingerprint density at radius 1 is 1.03 bits per heavy atom. The van der Waals surface area contributed by atoms with Gasteiger partial charge in [0.05, 0.1) is 6.42 Å². The molecule has 0 aliphatic carbocycles. The lowest BCUT2D eigenvalue weighted by atomic mass is 10.1. The number of hydrogen-bond donors (Lipinski definition) is 3. The summed E-state index contributed by atoms with van der Waals surface area (Å²) in [6.45, 7) is -1.45. The summed E-state index contributed by atoms with van der Waals surface area (Å²) in [7, 11) is 0.